The van der Waals surface area contributed by atoms with Crippen LogP contribution >= 0.6 is 0 Å². The topological polar surface area (TPSA) is 47.3 Å². The minimum Gasteiger partial charge on any atom is -0.388 e. The molecule has 2 unspecified atom stereocenters. The van der Waals surface area contributed by atoms with E-state index in [1.54, 1.807) is 0 Å². The van der Waals surface area contributed by atoms with E-state index in [2.05, 4.69) is 31.7 Å². The molecule has 1 heterocycles. The molecule has 0 aromatic rings. The summed E-state index contributed by atoms with van der Waals surface area (Å²) in [6, 6.07) is 2.58. The number of likely N-dealkylation sites (tertiary alicyclic amines) is 1. The lowest BCUT2D eigenvalue weighted by Crippen LogP contribution is -2.56. The van der Waals surface area contributed by atoms with Gasteiger partial charge < -0.3 is 10.0 Å². The van der Waals surface area contributed by atoms with Crippen LogP contribution in [0.1, 0.15) is 65.7 Å². The molecular formula is C18H32N2O. The predicted molar refractivity (Wildman–Crippen MR) is 85.8 cm³/mol. The number of nitriles is 1. The molecule has 1 aliphatic heterocycles. The Morgan fingerprint density at radius 3 is 2.48 bits per heavy atom. The molecule has 21 heavy (non-hydrogen) atoms. The maximum absolute atomic E-state index is 11.3. The Hall–Kier alpha value is -0.590. The van der Waals surface area contributed by atoms with Crippen LogP contribution in [0.2, 0.25) is 0 Å². The Labute approximate surface area is 130 Å². The lowest BCUT2D eigenvalue weighted by atomic mass is 9.58. The average molecular weight is 292 g/mol. The molecule has 1 N–H and O–H groups in total. The van der Waals surface area contributed by atoms with Crippen LogP contribution in [0.3, 0.4) is 0 Å². The summed E-state index contributed by atoms with van der Waals surface area (Å²) in [4.78, 5) is 2.45. The van der Waals surface area contributed by atoms with Crippen LogP contribution < -0.4 is 0 Å². The molecule has 2 fully saturated rings. The van der Waals surface area contributed by atoms with Crippen molar-refractivity contribution in [2.75, 3.05) is 19.6 Å². The largest absolute Gasteiger partial charge is 0.388 e. The standard InChI is InChI=1S/C18H32N2O/c1-4-16-6-5-7-17(12-16,14-19)18(21)8-10-20(11-9-18)13-15(2)3/h15-16,21H,4-13H2,1-3H3. The van der Waals surface area contributed by atoms with Gasteiger partial charge in [-0.15, -0.1) is 0 Å². The Morgan fingerprint density at radius 2 is 1.95 bits per heavy atom. The second-order valence-electron chi connectivity index (χ2n) is 7.79. The maximum atomic E-state index is 11.3. The van der Waals surface area contributed by atoms with Gasteiger partial charge in [0.1, 0.15) is 0 Å². The van der Waals surface area contributed by atoms with Crippen molar-refractivity contribution in [1.29, 1.82) is 5.26 Å². The highest BCUT2D eigenvalue weighted by Crippen LogP contribution is 2.51. The van der Waals surface area contributed by atoms with Gasteiger partial charge in [0.25, 0.3) is 0 Å². The first-order valence-corrected chi connectivity index (χ1v) is 8.80. The average Bonchev–Trinajstić information content (AvgIpc) is 2.49. The van der Waals surface area contributed by atoms with Gasteiger partial charge in [-0.1, -0.05) is 40.0 Å². The Morgan fingerprint density at radius 1 is 1.29 bits per heavy atom. The van der Waals surface area contributed by atoms with Crippen LogP contribution in [-0.2, 0) is 0 Å². The molecule has 0 radical (unpaired) electrons. The Balaban J connectivity index is 2.06. The van der Waals surface area contributed by atoms with Crippen LogP contribution in [0.4, 0.5) is 0 Å². The van der Waals surface area contributed by atoms with Gasteiger partial charge in [-0.2, -0.15) is 5.26 Å². The number of rotatable bonds is 4. The van der Waals surface area contributed by atoms with Crippen LogP contribution in [0.25, 0.3) is 0 Å². The van der Waals surface area contributed by atoms with Gasteiger partial charge in [0.05, 0.1) is 17.1 Å². The van der Waals surface area contributed by atoms with Crippen LogP contribution in [0.5, 0.6) is 0 Å². The molecule has 2 aliphatic rings. The van der Waals surface area contributed by atoms with Crippen molar-refractivity contribution in [2.24, 2.45) is 17.3 Å². The zero-order chi connectivity index (χ0) is 15.5. The quantitative estimate of drug-likeness (QED) is 0.861. The van der Waals surface area contributed by atoms with Crippen LogP contribution in [0.15, 0.2) is 0 Å². The molecule has 0 spiro atoms. The molecule has 1 saturated heterocycles. The summed E-state index contributed by atoms with van der Waals surface area (Å²) in [6.07, 6.45) is 6.80. The Bertz CT molecular complexity index is 379. The SMILES string of the molecule is CCC1CCCC(C#N)(C2(O)CCN(CC(C)C)CC2)C1. The molecule has 3 nitrogen and oxygen atoms in total. The van der Waals surface area contributed by atoms with Gasteiger partial charge in [-0.3, -0.25) is 0 Å². The van der Waals surface area contributed by atoms with E-state index >= 15 is 0 Å². The Kier molecular flexibility index (Phi) is 5.33. The van der Waals surface area contributed by atoms with Gasteiger partial charge >= 0.3 is 0 Å². The summed E-state index contributed by atoms with van der Waals surface area (Å²) < 4.78 is 0. The van der Waals surface area contributed by atoms with Crippen molar-refractivity contribution in [1.82, 2.24) is 4.90 Å². The van der Waals surface area contributed by atoms with E-state index in [1.165, 1.54) is 6.42 Å². The number of hydrogen-bond acceptors (Lipinski definition) is 3. The molecule has 1 aliphatic carbocycles. The molecule has 0 aromatic heterocycles. The zero-order valence-electron chi connectivity index (χ0n) is 14.1. The summed E-state index contributed by atoms with van der Waals surface area (Å²) in [7, 11) is 0. The minimum atomic E-state index is -0.761. The third-order valence-electron chi connectivity index (χ3n) is 5.84. The third kappa shape index (κ3) is 3.43. The molecule has 2 rings (SSSR count). The van der Waals surface area contributed by atoms with Gasteiger partial charge in [-0.05, 0) is 37.5 Å². The first-order chi connectivity index (χ1) is 9.94. The van der Waals surface area contributed by atoms with Crippen molar-refractivity contribution >= 4 is 0 Å². The van der Waals surface area contributed by atoms with E-state index in [4.69, 9.17) is 0 Å². The van der Waals surface area contributed by atoms with E-state index in [-0.39, 0.29) is 0 Å². The lowest BCUT2D eigenvalue weighted by molar-refractivity contribution is -0.118. The molecule has 3 heteroatoms. The number of hydrogen-bond donors (Lipinski definition) is 1. The summed E-state index contributed by atoms with van der Waals surface area (Å²) in [6.45, 7) is 9.68. The second kappa shape index (κ2) is 6.67. The van der Waals surface area contributed by atoms with Gasteiger partial charge in [0, 0.05) is 19.6 Å². The number of aliphatic hydroxyl groups is 1. The highest BCUT2D eigenvalue weighted by molar-refractivity contribution is 5.14. The smallest absolute Gasteiger partial charge is 0.0863 e. The van der Waals surface area contributed by atoms with Crippen molar-refractivity contribution < 1.29 is 5.11 Å². The lowest BCUT2D eigenvalue weighted by Gasteiger charge is -2.50. The zero-order valence-corrected chi connectivity index (χ0v) is 14.1. The van der Waals surface area contributed by atoms with Gasteiger partial charge in [0.15, 0.2) is 0 Å². The fourth-order valence-electron chi connectivity index (χ4n) is 4.47. The fraction of sp³-hybridized carbons (Fsp3) is 0.944. The summed E-state index contributed by atoms with van der Waals surface area (Å²) >= 11 is 0. The number of piperidine rings is 1. The molecule has 0 bridgehead atoms. The molecular weight excluding hydrogens is 260 g/mol. The number of nitrogens with zero attached hydrogens (tertiary/aromatic N) is 2. The molecule has 0 amide bonds. The highest BCUT2D eigenvalue weighted by Gasteiger charge is 2.53. The van der Waals surface area contributed by atoms with Crippen molar-refractivity contribution in [2.45, 2.75) is 71.3 Å². The monoisotopic (exact) mass is 292 g/mol. The second-order valence-corrected chi connectivity index (χ2v) is 7.79. The van der Waals surface area contributed by atoms with Crippen LogP contribution in [-0.4, -0.2) is 35.2 Å². The summed E-state index contributed by atoms with van der Waals surface area (Å²) in [5, 5.41) is 21.1. The molecule has 120 valence electrons. The first kappa shape index (κ1) is 16.8. The van der Waals surface area contributed by atoms with E-state index in [1.807, 2.05) is 0 Å². The maximum Gasteiger partial charge on any atom is 0.0863 e. The molecule has 1 saturated carbocycles. The summed E-state index contributed by atoms with van der Waals surface area (Å²) in [5.41, 5.74) is -1.25. The van der Waals surface area contributed by atoms with E-state index in [9.17, 15) is 10.4 Å². The predicted octanol–water partition coefficient (Wildman–Crippen LogP) is 3.58. The highest BCUT2D eigenvalue weighted by atomic mass is 16.3. The fourth-order valence-corrected chi connectivity index (χ4v) is 4.47. The van der Waals surface area contributed by atoms with Gasteiger partial charge in [0.2, 0.25) is 0 Å². The third-order valence-corrected chi connectivity index (χ3v) is 5.84. The minimum absolute atomic E-state index is 0.490. The van der Waals surface area contributed by atoms with Gasteiger partial charge in [-0.25, -0.2) is 0 Å². The summed E-state index contributed by atoms with van der Waals surface area (Å²) in [5.74, 6) is 1.29. The van der Waals surface area contributed by atoms with Crippen LogP contribution in [0, 0.1) is 28.6 Å². The normalized spacial score (nSPS) is 33.8. The van der Waals surface area contributed by atoms with E-state index < -0.39 is 11.0 Å². The van der Waals surface area contributed by atoms with Crippen molar-refractivity contribution in [3.63, 3.8) is 0 Å². The molecule has 2 atom stereocenters. The van der Waals surface area contributed by atoms with E-state index in [0.29, 0.717) is 11.8 Å². The van der Waals surface area contributed by atoms with E-state index in [0.717, 1.165) is 58.2 Å². The van der Waals surface area contributed by atoms with Crippen molar-refractivity contribution in [3.8, 4) is 6.07 Å². The molecule has 0 aromatic carbocycles. The first-order valence-electron chi connectivity index (χ1n) is 8.80. The van der Waals surface area contributed by atoms with Crippen molar-refractivity contribution in [3.05, 3.63) is 0 Å².